The van der Waals surface area contributed by atoms with Gasteiger partial charge < -0.3 is 10.1 Å². The lowest BCUT2D eigenvalue weighted by Crippen LogP contribution is -2.38. The molecule has 1 aromatic rings. The molecule has 1 fully saturated rings. The summed E-state index contributed by atoms with van der Waals surface area (Å²) in [5.74, 6) is 0. The molecule has 0 saturated carbocycles. The fourth-order valence-corrected chi connectivity index (χ4v) is 2.98. The zero-order chi connectivity index (χ0) is 14.4. The molecule has 1 unspecified atom stereocenters. The van der Waals surface area contributed by atoms with E-state index in [0.29, 0.717) is 6.04 Å². The van der Waals surface area contributed by atoms with E-state index in [1.54, 1.807) is 0 Å². The van der Waals surface area contributed by atoms with Gasteiger partial charge in [0.05, 0.1) is 13.2 Å². The van der Waals surface area contributed by atoms with Gasteiger partial charge in [0.1, 0.15) is 0 Å². The van der Waals surface area contributed by atoms with E-state index in [2.05, 4.69) is 49.2 Å². The van der Waals surface area contributed by atoms with E-state index in [0.717, 1.165) is 45.8 Å². The number of nitrogens with one attached hydrogen (secondary N) is 1. The van der Waals surface area contributed by atoms with Crippen LogP contribution in [0.1, 0.15) is 36.1 Å². The van der Waals surface area contributed by atoms with E-state index < -0.39 is 0 Å². The highest BCUT2D eigenvalue weighted by atomic mass is 16.5. The van der Waals surface area contributed by atoms with Crippen molar-refractivity contribution >= 4 is 0 Å². The molecule has 1 aromatic carbocycles. The van der Waals surface area contributed by atoms with Crippen molar-refractivity contribution in [3.8, 4) is 0 Å². The highest BCUT2D eigenvalue weighted by Crippen LogP contribution is 2.20. The van der Waals surface area contributed by atoms with E-state index in [9.17, 15) is 0 Å². The van der Waals surface area contributed by atoms with Gasteiger partial charge in [-0.05, 0) is 32.4 Å². The van der Waals surface area contributed by atoms with Crippen molar-refractivity contribution in [2.24, 2.45) is 0 Å². The maximum Gasteiger partial charge on any atom is 0.0594 e. The predicted octanol–water partition coefficient (Wildman–Crippen LogP) is 2.68. The fourth-order valence-electron chi connectivity index (χ4n) is 2.98. The van der Waals surface area contributed by atoms with Gasteiger partial charge >= 0.3 is 0 Å². The van der Waals surface area contributed by atoms with Crippen LogP contribution in [0.2, 0.25) is 0 Å². The van der Waals surface area contributed by atoms with Crippen LogP contribution in [0.15, 0.2) is 18.2 Å². The minimum Gasteiger partial charge on any atom is -0.379 e. The molecular weight excluding hydrogens is 248 g/mol. The van der Waals surface area contributed by atoms with Gasteiger partial charge in [-0.1, -0.05) is 36.2 Å². The highest BCUT2D eigenvalue weighted by molar-refractivity contribution is 5.30. The quantitative estimate of drug-likeness (QED) is 0.864. The number of morpholine rings is 1. The summed E-state index contributed by atoms with van der Waals surface area (Å²) in [6.07, 6.45) is 1.16. The van der Waals surface area contributed by atoms with Crippen LogP contribution in [0.3, 0.4) is 0 Å². The van der Waals surface area contributed by atoms with Crippen LogP contribution in [-0.4, -0.2) is 44.3 Å². The molecule has 0 radical (unpaired) electrons. The molecule has 1 saturated heterocycles. The standard InChI is InChI=1S/C17H28N2O/c1-4-18-17(5-6-19-7-9-20-10-8-19)16-12-14(2)11-15(3)13-16/h11-13,17-18H,4-10H2,1-3H3. The first-order valence-corrected chi connectivity index (χ1v) is 7.80. The van der Waals surface area contributed by atoms with Crippen molar-refractivity contribution in [2.45, 2.75) is 33.2 Å². The summed E-state index contributed by atoms with van der Waals surface area (Å²) in [6, 6.07) is 7.34. The molecule has 3 nitrogen and oxygen atoms in total. The summed E-state index contributed by atoms with van der Waals surface area (Å²) >= 11 is 0. The van der Waals surface area contributed by atoms with Crippen LogP contribution >= 0.6 is 0 Å². The lowest BCUT2D eigenvalue weighted by molar-refractivity contribution is 0.0361. The molecule has 1 aliphatic rings. The van der Waals surface area contributed by atoms with E-state index >= 15 is 0 Å². The molecule has 0 bridgehead atoms. The molecule has 1 aliphatic heterocycles. The summed E-state index contributed by atoms with van der Waals surface area (Å²) in [6.45, 7) is 12.6. The third kappa shape index (κ3) is 4.58. The Morgan fingerprint density at radius 3 is 2.40 bits per heavy atom. The molecule has 0 aliphatic carbocycles. The molecule has 1 N–H and O–H groups in total. The SMILES string of the molecule is CCNC(CCN1CCOCC1)c1cc(C)cc(C)c1. The Bertz CT molecular complexity index is 393. The minimum absolute atomic E-state index is 0.460. The highest BCUT2D eigenvalue weighted by Gasteiger charge is 2.15. The van der Waals surface area contributed by atoms with Crippen LogP contribution in [0, 0.1) is 13.8 Å². The number of rotatable bonds is 6. The van der Waals surface area contributed by atoms with Crippen molar-refractivity contribution < 1.29 is 4.74 Å². The number of benzene rings is 1. The second-order valence-corrected chi connectivity index (χ2v) is 5.77. The lowest BCUT2D eigenvalue weighted by atomic mass is 9.99. The molecular formula is C17H28N2O. The van der Waals surface area contributed by atoms with Crippen molar-refractivity contribution in [1.82, 2.24) is 10.2 Å². The molecule has 20 heavy (non-hydrogen) atoms. The molecule has 1 heterocycles. The zero-order valence-corrected chi connectivity index (χ0v) is 13.1. The van der Waals surface area contributed by atoms with E-state index in [-0.39, 0.29) is 0 Å². The topological polar surface area (TPSA) is 24.5 Å². The first-order valence-electron chi connectivity index (χ1n) is 7.80. The summed E-state index contributed by atoms with van der Waals surface area (Å²) in [5, 5.41) is 3.64. The van der Waals surface area contributed by atoms with Crippen molar-refractivity contribution in [2.75, 3.05) is 39.4 Å². The smallest absolute Gasteiger partial charge is 0.0594 e. The number of aryl methyl sites for hydroxylation is 2. The Balaban J connectivity index is 1.98. The summed E-state index contributed by atoms with van der Waals surface area (Å²) in [5.41, 5.74) is 4.14. The molecule has 112 valence electrons. The Labute approximate surface area is 123 Å². The maximum atomic E-state index is 5.41. The maximum absolute atomic E-state index is 5.41. The minimum atomic E-state index is 0.460. The summed E-state index contributed by atoms with van der Waals surface area (Å²) in [7, 11) is 0. The van der Waals surface area contributed by atoms with Crippen LogP contribution < -0.4 is 5.32 Å². The third-order valence-corrected chi connectivity index (χ3v) is 3.93. The Hall–Kier alpha value is -0.900. The van der Waals surface area contributed by atoms with Crippen LogP contribution in [0.4, 0.5) is 0 Å². The summed E-state index contributed by atoms with van der Waals surface area (Å²) < 4.78 is 5.41. The Morgan fingerprint density at radius 2 is 1.80 bits per heavy atom. The Morgan fingerprint density at radius 1 is 1.15 bits per heavy atom. The van der Waals surface area contributed by atoms with Gasteiger partial charge in [-0.2, -0.15) is 0 Å². The van der Waals surface area contributed by atoms with Gasteiger partial charge in [-0.15, -0.1) is 0 Å². The second-order valence-electron chi connectivity index (χ2n) is 5.77. The largest absolute Gasteiger partial charge is 0.379 e. The number of hydrogen-bond donors (Lipinski definition) is 1. The van der Waals surface area contributed by atoms with Gasteiger partial charge in [0.15, 0.2) is 0 Å². The van der Waals surface area contributed by atoms with E-state index in [1.165, 1.54) is 16.7 Å². The van der Waals surface area contributed by atoms with Gasteiger partial charge in [-0.3, -0.25) is 4.90 Å². The average molecular weight is 276 g/mol. The molecule has 0 amide bonds. The van der Waals surface area contributed by atoms with Crippen LogP contribution in [0.5, 0.6) is 0 Å². The monoisotopic (exact) mass is 276 g/mol. The van der Waals surface area contributed by atoms with Crippen LogP contribution in [-0.2, 0) is 4.74 Å². The van der Waals surface area contributed by atoms with Gasteiger partial charge in [0, 0.05) is 25.7 Å². The Kier molecular flexibility index (Phi) is 6.02. The average Bonchev–Trinajstić information content (AvgIpc) is 2.43. The third-order valence-electron chi connectivity index (χ3n) is 3.93. The molecule has 3 heteroatoms. The number of hydrogen-bond acceptors (Lipinski definition) is 3. The van der Waals surface area contributed by atoms with Gasteiger partial charge in [-0.25, -0.2) is 0 Å². The molecule has 2 rings (SSSR count). The summed E-state index contributed by atoms with van der Waals surface area (Å²) in [4.78, 5) is 2.51. The van der Waals surface area contributed by atoms with Crippen molar-refractivity contribution in [1.29, 1.82) is 0 Å². The van der Waals surface area contributed by atoms with E-state index in [1.807, 2.05) is 0 Å². The van der Waals surface area contributed by atoms with E-state index in [4.69, 9.17) is 4.74 Å². The van der Waals surface area contributed by atoms with Gasteiger partial charge in [0.2, 0.25) is 0 Å². The number of ether oxygens (including phenoxy) is 1. The molecule has 0 spiro atoms. The zero-order valence-electron chi connectivity index (χ0n) is 13.1. The van der Waals surface area contributed by atoms with Crippen molar-refractivity contribution in [3.05, 3.63) is 34.9 Å². The molecule has 0 aromatic heterocycles. The first kappa shape index (κ1) is 15.5. The van der Waals surface area contributed by atoms with Crippen LogP contribution in [0.25, 0.3) is 0 Å². The van der Waals surface area contributed by atoms with Gasteiger partial charge in [0.25, 0.3) is 0 Å². The number of nitrogens with zero attached hydrogens (tertiary/aromatic N) is 1. The molecule has 1 atom stereocenters. The lowest BCUT2D eigenvalue weighted by Gasteiger charge is -2.29. The predicted molar refractivity (Wildman–Crippen MR) is 84.2 cm³/mol. The first-order chi connectivity index (χ1) is 9.69. The van der Waals surface area contributed by atoms with Crippen molar-refractivity contribution in [3.63, 3.8) is 0 Å². The second kappa shape index (κ2) is 7.77. The fraction of sp³-hybridized carbons (Fsp3) is 0.647. The normalized spacial score (nSPS) is 18.1.